The number of nitrogens with one attached hydrogen (secondary N) is 1. The maximum absolute atomic E-state index is 5.56. The van der Waals surface area contributed by atoms with Gasteiger partial charge in [0.1, 0.15) is 0 Å². The third kappa shape index (κ3) is 3.60. The maximum atomic E-state index is 5.56. The van der Waals surface area contributed by atoms with E-state index in [-0.39, 0.29) is 0 Å². The van der Waals surface area contributed by atoms with Crippen LogP contribution in [-0.2, 0) is 6.54 Å². The summed E-state index contributed by atoms with van der Waals surface area (Å²) in [7, 11) is 6.99. The van der Waals surface area contributed by atoms with Crippen molar-refractivity contribution in [2.24, 2.45) is 0 Å². The van der Waals surface area contributed by atoms with Crippen molar-refractivity contribution in [3.05, 3.63) is 17.7 Å². The molecule has 1 aromatic carbocycles. The van der Waals surface area contributed by atoms with Gasteiger partial charge in [0, 0.05) is 24.7 Å². The monoisotopic (exact) mass is 294 g/mol. The molecule has 0 aromatic heterocycles. The van der Waals surface area contributed by atoms with Gasteiger partial charge in [-0.1, -0.05) is 6.07 Å². The van der Waals surface area contributed by atoms with Crippen molar-refractivity contribution in [1.29, 1.82) is 0 Å². The molecule has 1 saturated heterocycles. The van der Waals surface area contributed by atoms with Crippen LogP contribution in [0.25, 0.3) is 0 Å². The zero-order valence-electron chi connectivity index (χ0n) is 13.4. The molecule has 0 radical (unpaired) electrons. The highest BCUT2D eigenvalue weighted by atomic mass is 16.5. The van der Waals surface area contributed by atoms with Crippen LogP contribution in [-0.4, -0.2) is 52.4 Å². The van der Waals surface area contributed by atoms with Crippen LogP contribution in [0.3, 0.4) is 0 Å². The van der Waals surface area contributed by atoms with E-state index in [2.05, 4.69) is 16.3 Å². The molecule has 1 heterocycles. The lowest BCUT2D eigenvalue weighted by Crippen LogP contribution is -2.43. The van der Waals surface area contributed by atoms with E-state index >= 15 is 0 Å². The second kappa shape index (κ2) is 7.52. The van der Waals surface area contributed by atoms with Crippen LogP contribution < -0.4 is 19.5 Å². The standard InChI is InChI=1S/C16H26N2O3/c1-17-13-6-5-9-18(11-13)10-12-7-8-14(19-2)16(21-4)15(12)20-3/h7-8,13,17H,5-6,9-11H2,1-4H3. The van der Waals surface area contributed by atoms with E-state index in [4.69, 9.17) is 14.2 Å². The Balaban J connectivity index is 2.19. The van der Waals surface area contributed by atoms with Crippen molar-refractivity contribution in [3.8, 4) is 17.2 Å². The molecule has 1 aliphatic rings. The molecule has 0 spiro atoms. The van der Waals surface area contributed by atoms with Gasteiger partial charge in [0.05, 0.1) is 21.3 Å². The molecule has 2 rings (SSSR count). The number of hydrogen-bond acceptors (Lipinski definition) is 5. The van der Waals surface area contributed by atoms with E-state index < -0.39 is 0 Å². The first-order chi connectivity index (χ1) is 10.2. The second-order valence-electron chi connectivity index (χ2n) is 5.36. The van der Waals surface area contributed by atoms with E-state index in [1.807, 2.05) is 13.1 Å². The highest BCUT2D eigenvalue weighted by molar-refractivity contribution is 5.55. The molecule has 0 aliphatic carbocycles. The molecule has 0 amide bonds. The minimum absolute atomic E-state index is 0.574. The van der Waals surface area contributed by atoms with E-state index in [1.54, 1.807) is 21.3 Å². The van der Waals surface area contributed by atoms with E-state index in [0.29, 0.717) is 17.5 Å². The third-order valence-corrected chi connectivity index (χ3v) is 4.09. The number of hydrogen-bond donors (Lipinski definition) is 1. The molecular formula is C16H26N2O3. The molecule has 118 valence electrons. The Bertz CT molecular complexity index is 465. The lowest BCUT2D eigenvalue weighted by atomic mass is 10.0. The van der Waals surface area contributed by atoms with Gasteiger partial charge in [-0.25, -0.2) is 0 Å². The molecule has 1 fully saturated rings. The van der Waals surface area contributed by atoms with Gasteiger partial charge in [-0.15, -0.1) is 0 Å². The zero-order valence-corrected chi connectivity index (χ0v) is 13.4. The predicted molar refractivity (Wildman–Crippen MR) is 83.5 cm³/mol. The summed E-state index contributed by atoms with van der Waals surface area (Å²) in [4.78, 5) is 2.45. The summed E-state index contributed by atoms with van der Waals surface area (Å²) in [6.07, 6.45) is 2.47. The van der Waals surface area contributed by atoms with Gasteiger partial charge in [-0.05, 0) is 32.5 Å². The number of benzene rings is 1. The van der Waals surface area contributed by atoms with Crippen molar-refractivity contribution in [1.82, 2.24) is 10.2 Å². The lowest BCUT2D eigenvalue weighted by molar-refractivity contribution is 0.185. The largest absolute Gasteiger partial charge is 0.493 e. The maximum Gasteiger partial charge on any atom is 0.203 e. The topological polar surface area (TPSA) is 43.0 Å². The fraction of sp³-hybridized carbons (Fsp3) is 0.625. The van der Waals surface area contributed by atoms with Crippen LogP contribution in [0.5, 0.6) is 17.2 Å². The second-order valence-corrected chi connectivity index (χ2v) is 5.36. The summed E-state index contributed by atoms with van der Waals surface area (Å²) in [5, 5.41) is 3.37. The van der Waals surface area contributed by atoms with Gasteiger partial charge in [0.2, 0.25) is 5.75 Å². The minimum Gasteiger partial charge on any atom is -0.493 e. The summed E-state index contributed by atoms with van der Waals surface area (Å²) >= 11 is 0. The molecule has 1 aliphatic heterocycles. The third-order valence-electron chi connectivity index (χ3n) is 4.09. The number of piperidine rings is 1. The summed E-state index contributed by atoms with van der Waals surface area (Å²) in [6, 6.07) is 4.57. The average Bonchev–Trinajstić information content (AvgIpc) is 2.54. The molecule has 1 atom stereocenters. The SMILES string of the molecule is CNC1CCCN(Cc2ccc(OC)c(OC)c2OC)C1. The normalized spacial score (nSPS) is 19.3. The highest BCUT2D eigenvalue weighted by Crippen LogP contribution is 2.40. The first-order valence-corrected chi connectivity index (χ1v) is 7.41. The van der Waals surface area contributed by atoms with Crippen LogP contribution in [0.1, 0.15) is 18.4 Å². The van der Waals surface area contributed by atoms with Crippen molar-refractivity contribution < 1.29 is 14.2 Å². The van der Waals surface area contributed by atoms with Gasteiger partial charge in [0.15, 0.2) is 11.5 Å². The lowest BCUT2D eigenvalue weighted by Gasteiger charge is -2.33. The van der Waals surface area contributed by atoms with Gasteiger partial charge in [-0.3, -0.25) is 4.90 Å². The molecule has 21 heavy (non-hydrogen) atoms. The molecule has 1 N–H and O–H groups in total. The zero-order chi connectivity index (χ0) is 15.2. The van der Waals surface area contributed by atoms with Crippen molar-refractivity contribution in [2.45, 2.75) is 25.4 Å². The average molecular weight is 294 g/mol. The molecule has 1 aromatic rings. The molecule has 0 saturated carbocycles. The number of ether oxygens (including phenoxy) is 3. The first-order valence-electron chi connectivity index (χ1n) is 7.41. The Morgan fingerprint density at radius 3 is 2.52 bits per heavy atom. The van der Waals surface area contributed by atoms with Gasteiger partial charge >= 0.3 is 0 Å². The van der Waals surface area contributed by atoms with Crippen LogP contribution in [0, 0.1) is 0 Å². The van der Waals surface area contributed by atoms with Crippen LogP contribution in [0.2, 0.25) is 0 Å². The molecular weight excluding hydrogens is 268 g/mol. The molecule has 0 bridgehead atoms. The van der Waals surface area contributed by atoms with Gasteiger partial charge in [0.25, 0.3) is 0 Å². The number of likely N-dealkylation sites (tertiary alicyclic amines) is 1. The Morgan fingerprint density at radius 2 is 1.90 bits per heavy atom. The Kier molecular flexibility index (Phi) is 5.70. The molecule has 5 nitrogen and oxygen atoms in total. The van der Waals surface area contributed by atoms with Crippen molar-refractivity contribution in [3.63, 3.8) is 0 Å². The van der Waals surface area contributed by atoms with Crippen molar-refractivity contribution in [2.75, 3.05) is 41.5 Å². The quantitative estimate of drug-likeness (QED) is 0.868. The van der Waals surface area contributed by atoms with E-state index in [1.165, 1.54) is 12.8 Å². The Labute approximate surface area is 127 Å². The summed E-state index contributed by atoms with van der Waals surface area (Å²) in [5.41, 5.74) is 1.13. The Hall–Kier alpha value is -1.46. The number of likely N-dealkylation sites (N-methyl/N-ethyl adjacent to an activating group) is 1. The van der Waals surface area contributed by atoms with Crippen LogP contribution >= 0.6 is 0 Å². The highest BCUT2D eigenvalue weighted by Gasteiger charge is 2.22. The summed E-state index contributed by atoms with van der Waals surface area (Å²) in [5.74, 6) is 2.13. The van der Waals surface area contributed by atoms with Crippen LogP contribution in [0.4, 0.5) is 0 Å². The summed E-state index contributed by atoms with van der Waals surface area (Å²) < 4.78 is 16.3. The first kappa shape index (κ1) is 15.9. The number of methoxy groups -OCH3 is 3. The summed E-state index contributed by atoms with van der Waals surface area (Å²) in [6.45, 7) is 3.05. The fourth-order valence-electron chi connectivity index (χ4n) is 2.96. The predicted octanol–water partition coefficient (Wildman–Crippen LogP) is 1.90. The van der Waals surface area contributed by atoms with Gasteiger partial charge in [-0.2, -0.15) is 0 Å². The smallest absolute Gasteiger partial charge is 0.203 e. The number of nitrogens with zero attached hydrogens (tertiary/aromatic N) is 1. The molecule has 5 heteroatoms. The number of rotatable bonds is 6. The van der Waals surface area contributed by atoms with Crippen molar-refractivity contribution >= 4 is 0 Å². The molecule has 1 unspecified atom stereocenters. The van der Waals surface area contributed by atoms with Crippen LogP contribution in [0.15, 0.2) is 12.1 Å². The fourth-order valence-corrected chi connectivity index (χ4v) is 2.96. The van der Waals surface area contributed by atoms with Gasteiger partial charge < -0.3 is 19.5 Å². The van der Waals surface area contributed by atoms with E-state index in [0.717, 1.165) is 30.9 Å². The van der Waals surface area contributed by atoms with E-state index in [9.17, 15) is 0 Å². The minimum atomic E-state index is 0.574. The Morgan fingerprint density at radius 1 is 1.14 bits per heavy atom.